The quantitative estimate of drug-likeness (QED) is 0.0358. The van der Waals surface area contributed by atoms with Crippen LogP contribution in [0.3, 0.4) is 0 Å². The first-order valence-corrected chi connectivity index (χ1v) is 31.8. The summed E-state index contributed by atoms with van der Waals surface area (Å²) in [6.07, 6.45) is 77.3. The third kappa shape index (κ3) is 45.2. The number of allylic oxidation sites excluding steroid dienone is 2. The SMILES string of the molecule is CCCCCCCCCCCCCCCCCCCCCCCCCCCCCCCCCCCCCCCCCCCCCCC/C=C/CCCCCCC1CC(=O)OCC(CO)(CO)COC1=O. The van der Waals surface area contributed by atoms with Crippen LogP contribution in [0.5, 0.6) is 0 Å². The molecule has 0 aromatic carbocycles. The van der Waals surface area contributed by atoms with Crippen LogP contribution in [0.1, 0.15) is 347 Å². The molecule has 0 aromatic rings. The first-order valence-electron chi connectivity index (χ1n) is 31.8. The number of ether oxygens (including phenoxy) is 2. The summed E-state index contributed by atoms with van der Waals surface area (Å²) in [4.78, 5) is 24.7. The average Bonchev–Trinajstić information content (AvgIpc) is 3.43. The average molecular weight is 988 g/mol. The molecule has 0 spiro atoms. The zero-order chi connectivity index (χ0) is 50.4. The van der Waals surface area contributed by atoms with Crippen LogP contribution in [-0.2, 0) is 19.1 Å². The Balaban J connectivity index is 1.68. The van der Waals surface area contributed by atoms with Crippen LogP contribution in [0.2, 0.25) is 0 Å². The molecular formula is C64H122O6. The van der Waals surface area contributed by atoms with Gasteiger partial charge in [-0.25, -0.2) is 0 Å². The fraction of sp³-hybridized carbons (Fsp3) is 0.938. The van der Waals surface area contributed by atoms with Gasteiger partial charge in [0, 0.05) is 0 Å². The van der Waals surface area contributed by atoms with Crippen molar-refractivity contribution in [1.29, 1.82) is 0 Å². The Kier molecular flexibility index (Phi) is 51.3. The lowest BCUT2D eigenvalue weighted by molar-refractivity contribution is -0.155. The second-order valence-electron chi connectivity index (χ2n) is 22.8. The maximum Gasteiger partial charge on any atom is 0.309 e. The van der Waals surface area contributed by atoms with Crippen molar-refractivity contribution in [3.05, 3.63) is 12.2 Å². The first-order chi connectivity index (χ1) is 34.6. The number of carbonyl (C=O) groups is 2. The van der Waals surface area contributed by atoms with E-state index in [9.17, 15) is 19.8 Å². The van der Waals surface area contributed by atoms with Crippen LogP contribution in [0.15, 0.2) is 12.2 Å². The van der Waals surface area contributed by atoms with Crippen LogP contribution < -0.4 is 0 Å². The highest BCUT2D eigenvalue weighted by Gasteiger charge is 2.36. The minimum atomic E-state index is -1.13. The molecule has 2 N–H and O–H groups in total. The van der Waals surface area contributed by atoms with Crippen LogP contribution >= 0.6 is 0 Å². The van der Waals surface area contributed by atoms with Crippen LogP contribution in [0.25, 0.3) is 0 Å². The molecule has 0 saturated carbocycles. The molecule has 6 nitrogen and oxygen atoms in total. The molecule has 1 fully saturated rings. The fourth-order valence-corrected chi connectivity index (χ4v) is 10.6. The van der Waals surface area contributed by atoms with Crippen LogP contribution in [0, 0.1) is 11.3 Å². The van der Waals surface area contributed by atoms with Crippen molar-refractivity contribution in [3.8, 4) is 0 Å². The number of aliphatic hydroxyl groups excluding tert-OH is 2. The lowest BCUT2D eigenvalue weighted by Crippen LogP contribution is -2.40. The zero-order valence-corrected chi connectivity index (χ0v) is 47.1. The zero-order valence-electron chi connectivity index (χ0n) is 47.1. The summed E-state index contributed by atoms with van der Waals surface area (Å²) in [7, 11) is 0. The molecule has 1 unspecified atom stereocenters. The summed E-state index contributed by atoms with van der Waals surface area (Å²) in [6, 6.07) is 0. The summed E-state index contributed by atoms with van der Waals surface area (Å²) in [5.41, 5.74) is -1.13. The van der Waals surface area contributed by atoms with Gasteiger partial charge in [0.15, 0.2) is 0 Å². The molecule has 6 heteroatoms. The van der Waals surface area contributed by atoms with Gasteiger partial charge < -0.3 is 19.7 Å². The highest BCUT2D eigenvalue weighted by atomic mass is 16.6. The molecule has 0 bridgehead atoms. The van der Waals surface area contributed by atoms with Crippen molar-refractivity contribution < 1.29 is 29.3 Å². The number of cyclic esters (lactones) is 2. The second kappa shape index (κ2) is 53.9. The summed E-state index contributed by atoms with van der Waals surface area (Å²) in [5.74, 6) is -1.43. The Morgan fingerprint density at radius 1 is 0.371 bits per heavy atom. The Morgan fingerprint density at radius 3 is 0.886 bits per heavy atom. The van der Waals surface area contributed by atoms with Gasteiger partial charge in [-0.3, -0.25) is 9.59 Å². The summed E-state index contributed by atoms with van der Waals surface area (Å²) in [5, 5.41) is 19.2. The van der Waals surface area contributed by atoms with Gasteiger partial charge in [0.25, 0.3) is 0 Å². The molecular weight excluding hydrogens is 865 g/mol. The highest BCUT2D eigenvalue weighted by Crippen LogP contribution is 2.25. The molecule has 0 amide bonds. The largest absolute Gasteiger partial charge is 0.465 e. The Bertz CT molecular complexity index is 1100. The maximum atomic E-state index is 12.5. The number of carbonyl (C=O) groups excluding carboxylic acids is 2. The molecule has 1 aliphatic heterocycles. The van der Waals surface area contributed by atoms with E-state index >= 15 is 0 Å². The van der Waals surface area contributed by atoms with E-state index in [4.69, 9.17) is 9.47 Å². The number of aliphatic hydroxyl groups is 2. The van der Waals surface area contributed by atoms with Crippen molar-refractivity contribution >= 4 is 11.9 Å². The van der Waals surface area contributed by atoms with Gasteiger partial charge >= 0.3 is 11.9 Å². The summed E-state index contributed by atoms with van der Waals surface area (Å²) in [6.45, 7) is 1.19. The Labute approximate surface area is 436 Å². The van der Waals surface area contributed by atoms with Crippen molar-refractivity contribution in [2.75, 3.05) is 26.4 Å². The van der Waals surface area contributed by atoms with E-state index in [1.807, 2.05) is 0 Å². The van der Waals surface area contributed by atoms with Gasteiger partial charge in [0.2, 0.25) is 0 Å². The third-order valence-corrected chi connectivity index (χ3v) is 15.8. The molecule has 1 heterocycles. The molecule has 1 aliphatic rings. The van der Waals surface area contributed by atoms with Crippen molar-refractivity contribution in [2.45, 2.75) is 347 Å². The molecule has 0 aromatic heterocycles. The van der Waals surface area contributed by atoms with E-state index in [0.717, 1.165) is 32.1 Å². The number of hydrogen-bond donors (Lipinski definition) is 2. The molecule has 1 rings (SSSR count). The summed E-state index contributed by atoms with van der Waals surface area (Å²) >= 11 is 0. The van der Waals surface area contributed by atoms with E-state index in [1.165, 1.54) is 295 Å². The summed E-state index contributed by atoms with van der Waals surface area (Å²) < 4.78 is 10.6. The van der Waals surface area contributed by atoms with Crippen LogP contribution in [-0.4, -0.2) is 48.6 Å². The lowest BCUT2D eigenvalue weighted by Gasteiger charge is -2.27. The van der Waals surface area contributed by atoms with E-state index in [0.29, 0.717) is 6.42 Å². The van der Waals surface area contributed by atoms with E-state index in [1.54, 1.807) is 0 Å². The van der Waals surface area contributed by atoms with E-state index in [-0.39, 0.29) is 19.6 Å². The highest BCUT2D eigenvalue weighted by molar-refractivity contribution is 5.80. The van der Waals surface area contributed by atoms with Crippen molar-refractivity contribution in [2.24, 2.45) is 11.3 Å². The minimum absolute atomic E-state index is 0.00560. The minimum Gasteiger partial charge on any atom is -0.465 e. The first kappa shape index (κ1) is 66.6. The standard InChI is InChI=1S/C64H122O6/c1-2-3-4-5-6-7-8-9-10-11-12-13-14-15-16-17-18-19-20-21-22-23-24-25-26-27-28-29-30-31-32-33-34-35-36-37-38-39-40-41-42-43-44-45-46-47-48-49-50-51-52-53-54-55-61-56-62(67)69-59-64(57-65,58-66)60-70-63(61)68/h48-49,61,65-66H,2-47,50-60H2,1H3/b49-48+. The smallest absolute Gasteiger partial charge is 0.309 e. The number of rotatable bonds is 55. The monoisotopic (exact) mass is 987 g/mol. The van der Waals surface area contributed by atoms with Gasteiger partial charge in [-0.05, 0) is 32.1 Å². The normalized spacial score (nSPS) is 15.3. The van der Waals surface area contributed by atoms with Gasteiger partial charge in [0.05, 0.1) is 31.0 Å². The van der Waals surface area contributed by atoms with E-state index in [2.05, 4.69) is 19.1 Å². The predicted octanol–water partition coefficient (Wildman–Crippen LogP) is 19.9. The second-order valence-corrected chi connectivity index (χ2v) is 22.8. The van der Waals surface area contributed by atoms with Crippen molar-refractivity contribution in [3.63, 3.8) is 0 Å². The topological polar surface area (TPSA) is 93.1 Å². The third-order valence-electron chi connectivity index (χ3n) is 15.8. The Hall–Kier alpha value is -1.40. The molecule has 414 valence electrons. The number of hydrogen-bond acceptors (Lipinski definition) is 6. The number of esters is 2. The van der Waals surface area contributed by atoms with Gasteiger partial charge in [0.1, 0.15) is 13.2 Å². The van der Waals surface area contributed by atoms with Crippen molar-refractivity contribution in [1.82, 2.24) is 0 Å². The Morgan fingerprint density at radius 2 is 0.614 bits per heavy atom. The fourth-order valence-electron chi connectivity index (χ4n) is 10.6. The van der Waals surface area contributed by atoms with E-state index < -0.39 is 36.5 Å². The molecule has 1 atom stereocenters. The lowest BCUT2D eigenvalue weighted by atomic mass is 9.92. The van der Waals surface area contributed by atoms with Gasteiger partial charge in [-0.2, -0.15) is 0 Å². The molecule has 70 heavy (non-hydrogen) atoms. The van der Waals surface area contributed by atoms with Crippen LogP contribution in [0.4, 0.5) is 0 Å². The molecule has 0 radical (unpaired) electrons. The van der Waals surface area contributed by atoms with Gasteiger partial charge in [-0.1, -0.05) is 321 Å². The maximum absolute atomic E-state index is 12.5. The molecule has 1 saturated heterocycles. The number of unbranched alkanes of at least 4 members (excludes halogenated alkanes) is 49. The molecule has 0 aliphatic carbocycles. The predicted molar refractivity (Wildman–Crippen MR) is 302 cm³/mol. The van der Waals surface area contributed by atoms with Gasteiger partial charge in [-0.15, -0.1) is 0 Å².